The molecule has 0 spiro atoms. The molecule has 2 rings (SSSR count). The summed E-state index contributed by atoms with van der Waals surface area (Å²) < 4.78 is 0. The second kappa shape index (κ2) is 11.8. The number of urea groups is 1. The van der Waals surface area contributed by atoms with Gasteiger partial charge >= 0.3 is 6.03 Å². The second-order valence-electron chi connectivity index (χ2n) is 6.66. The number of hydrogen-bond acceptors (Lipinski definition) is 3. The molecule has 0 heterocycles. The Morgan fingerprint density at radius 2 is 1.62 bits per heavy atom. The lowest BCUT2D eigenvalue weighted by Crippen LogP contribution is -2.43. The standard InChI is InChI=1S/C19H29ClN4O2/c20-16-9-7-15(8-10-16)13-23-19(26)24-14-18(25)22-12-11-21-17-5-3-1-2-4-6-17/h7-10,17,21H,1-6,11-14H2,(H,22,25)(H2,23,24,26). The first kappa shape index (κ1) is 20.5. The first-order valence-corrected chi connectivity index (χ1v) is 9.77. The monoisotopic (exact) mass is 380 g/mol. The molecule has 4 N–H and O–H groups in total. The van der Waals surface area contributed by atoms with E-state index in [9.17, 15) is 9.59 Å². The summed E-state index contributed by atoms with van der Waals surface area (Å²) in [7, 11) is 0. The minimum atomic E-state index is -0.369. The minimum absolute atomic E-state index is 0.0319. The van der Waals surface area contributed by atoms with Gasteiger partial charge in [-0.1, -0.05) is 49.4 Å². The maximum absolute atomic E-state index is 11.8. The van der Waals surface area contributed by atoms with Crippen molar-refractivity contribution in [2.45, 2.75) is 51.1 Å². The van der Waals surface area contributed by atoms with Gasteiger partial charge in [-0.2, -0.15) is 0 Å². The Morgan fingerprint density at radius 3 is 2.31 bits per heavy atom. The van der Waals surface area contributed by atoms with Crippen molar-refractivity contribution in [1.29, 1.82) is 0 Å². The highest BCUT2D eigenvalue weighted by Crippen LogP contribution is 2.16. The van der Waals surface area contributed by atoms with Crippen molar-refractivity contribution in [3.05, 3.63) is 34.9 Å². The molecule has 144 valence electrons. The van der Waals surface area contributed by atoms with Crippen molar-refractivity contribution < 1.29 is 9.59 Å². The van der Waals surface area contributed by atoms with Gasteiger partial charge in [0.1, 0.15) is 0 Å². The quantitative estimate of drug-likeness (QED) is 0.413. The van der Waals surface area contributed by atoms with Gasteiger partial charge in [0.2, 0.25) is 5.91 Å². The Balaban J connectivity index is 1.50. The molecule has 0 aromatic heterocycles. The maximum Gasteiger partial charge on any atom is 0.315 e. The molecular weight excluding hydrogens is 352 g/mol. The average Bonchev–Trinajstić information content (AvgIpc) is 2.92. The zero-order chi connectivity index (χ0) is 18.6. The fourth-order valence-corrected chi connectivity index (χ4v) is 3.16. The molecule has 0 saturated heterocycles. The first-order valence-electron chi connectivity index (χ1n) is 9.40. The number of rotatable bonds is 8. The van der Waals surface area contributed by atoms with E-state index in [2.05, 4.69) is 21.3 Å². The number of carbonyl (C=O) groups excluding carboxylic acids is 2. The van der Waals surface area contributed by atoms with Gasteiger partial charge in [-0.25, -0.2) is 4.79 Å². The molecule has 1 aliphatic rings. The van der Waals surface area contributed by atoms with Crippen LogP contribution in [0, 0.1) is 0 Å². The number of nitrogens with one attached hydrogen (secondary N) is 4. The largest absolute Gasteiger partial charge is 0.353 e. The van der Waals surface area contributed by atoms with Crippen LogP contribution in [0.25, 0.3) is 0 Å². The van der Waals surface area contributed by atoms with E-state index in [1.165, 1.54) is 38.5 Å². The average molecular weight is 381 g/mol. The van der Waals surface area contributed by atoms with Crippen molar-refractivity contribution in [2.24, 2.45) is 0 Å². The molecule has 1 fully saturated rings. The van der Waals surface area contributed by atoms with Crippen LogP contribution in [0.5, 0.6) is 0 Å². The highest BCUT2D eigenvalue weighted by atomic mass is 35.5. The van der Waals surface area contributed by atoms with Crippen molar-refractivity contribution >= 4 is 23.5 Å². The number of carbonyl (C=O) groups is 2. The number of hydrogen-bond donors (Lipinski definition) is 4. The Bertz CT molecular complexity index is 557. The van der Waals surface area contributed by atoms with Crippen LogP contribution in [0.2, 0.25) is 5.02 Å². The zero-order valence-electron chi connectivity index (χ0n) is 15.2. The van der Waals surface area contributed by atoms with Crippen LogP contribution in [0.4, 0.5) is 4.79 Å². The third-order valence-electron chi connectivity index (χ3n) is 4.51. The van der Waals surface area contributed by atoms with Crippen LogP contribution in [-0.2, 0) is 11.3 Å². The van der Waals surface area contributed by atoms with E-state index in [1.54, 1.807) is 12.1 Å². The SMILES string of the molecule is O=C(CNC(=O)NCc1ccc(Cl)cc1)NCCNC1CCCCCC1. The fourth-order valence-electron chi connectivity index (χ4n) is 3.03. The molecule has 0 bridgehead atoms. The lowest BCUT2D eigenvalue weighted by molar-refractivity contribution is -0.120. The molecule has 0 unspecified atom stereocenters. The Labute approximate surface area is 160 Å². The van der Waals surface area contributed by atoms with Gasteiger partial charge in [0.15, 0.2) is 0 Å². The van der Waals surface area contributed by atoms with Gasteiger partial charge in [-0.05, 0) is 30.5 Å². The van der Waals surface area contributed by atoms with E-state index in [0.29, 0.717) is 24.2 Å². The molecule has 0 aliphatic heterocycles. The molecule has 26 heavy (non-hydrogen) atoms. The lowest BCUT2D eigenvalue weighted by atomic mass is 10.1. The third kappa shape index (κ3) is 8.54. The van der Waals surface area contributed by atoms with Crippen molar-refractivity contribution in [3.8, 4) is 0 Å². The number of amides is 3. The van der Waals surface area contributed by atoms with Crippen LogP contribution in [0.15, 0.2) is 24.3 Å². The number of benzene rings is 1. The van der Waals surface area contributed by atoms with E-state index in [0.717, 1.165) is 12.1 Å². The molecule has 3 amide bonds. The van der Waals surface area contributed by atoms with Crippen molar-refractivity contribution in [1.82, 2.24) is 21.3 Å². The summed E-state index contributed by atoms with van der Waals surface area (Å²) in [6, 6.07) is 7.44. The molecule has 1 aromatic rings. The van der Waals surface area contributed by atoms with Gasteiger partial charge in [-0.15, -0.1) is 0 Å². The normalized spacial score (nSPS) is 15.1. The molecule has 1 aromatic carbocycles. The minimum Gasteiger partial charge on any atom is -0.353 e. The molecule has 1 aliphatic carbocycles. The van der Waals surface area contributed by atoms with Gasteiger partial charge in [0.25, 0.3) is 0 Å². The third-order valence-corrected chi connectivity index (χ3v) is 4.76. The summed E-state index contributed by atoms with van der Waals surface area (Å²) >= 11 is 5.81. The lowest BCUT2D eigenvalue weighted by Gasteiger charge is -2.16. The van der Waals surface area contributed by atoms with E-state index in [1.807, 2.05) is 12.1 Å². The van der Waals surface area contributed by atoms with Gasteiger partial charge in [0, 0.05) is 30.7 Å². The summed E-state index contributed by atoms with van der Waals surface area (Å²) in [6.45, 7) is 1.69. The number of halogens is 1. The molecule has 7 heteroatoms. The van der Waals surface area contributed by atoms with Gasteiger partial charge < -0.3 is 21.3 Å². The first-order chi connectivity index (χ1) is 12.6. The highest BCUT2D eigenvalue weighted by Gasteiger charge is 2.11. The molecule has 0 radical (unpaired) electrons. The van der Waals surface area contributed by atoms with Crippen LogP contribution in [0.1, 0.15) is 44.1 Å². The predicted octanol–water partition coefficient (Wildman–Crippen LogP) is 2.57. The summed E-state index contributed by atoms with van der Waals surface area (Å²) in [5.74, 6) is -0.186. The zero-order valence-corrected chi connectivity index (χ0v) is 15.9. The summed E-state index contributed by atoms with van der Waals surface area (Å²) in [5.41, 5.74) is 0.943. The fraction of sp³-hybridized carbons (Fsp3) is 0.579. The van der Waals surface area contributed by atoms with Crippen molar-refractivity contribution in [3.63, 3.8) is 0 Å². The second-order valence-corrected chi connectivity index (χ2v) is 7.09. The van der Waals surface area contributed by atoms with Gasteiger partial charge in [0.05, 0.1) is 6.54 Å². The smallest absolute Gasteiger partial charge is 0.315 e. The molecule has 1 saturated carbocycles. The summed E-state index contributed by atoms with van der Waals surface area (Å²) in [4.78, 5) is 23.5. The maximum atomic E-state index is 11.8. The molecule has 6 nitrogen and oxygen atoms in total. The summed E-state index contributed by atoms with van der Waals surface area (Å²) in [5, 5.41) is 12.2. The topological polar surface area (TPSA) is 82.3 Å². The van der Waals surface area contributed by atoms with Crippen LogP contribution in [-0.4, -0.2) is 37.6 Å². The van der Waals surface area contributed by atoms with E-state index in [4.69, 9.17) is 11.6 Å². The molecular formula is C19H29ClN4O2. The van der Waals surface area contributed by atoms with Crippen LogP contribution < -0.4 is 21.3 Å². The Morgan fingerprint density at radius 1 is 0.923 bits per heavy atom. The summed E-state index contributed by atoms with van der Waals surface area (Å²) in [6.07, 6.45) is 7.70. The highest BCUT2D eigenvalue weighted by molar-refractivity contribution is 6.30. The van der Waals surface area contributed by atoms with Crippen LogP contribution >= 0.6 is 11.6 Å². The van der Waals surface area contributed by atoms with E-state index in [-0.39, 0.29) is 18.5 Å². The van der Waals surface area contributed by atoms with Crippen molar-refractivity contribution in [2.75, 3.05) is 19.6 Å². The Hall–Kier alpha value is -1.79. The van der Waals surface area contributed by atoms with E-state index >= 15 is 0 Å². The van der Waals surface area contributed by atoms with E-state index < -0.39 is 0 Å². The predicted molar refractivity (Wildman–Crippen MR) is 104 cm³/mol. The van der Waals surface area contributed by atoms with Gasteiger partial charge in [-0.3, -0.25) is 4.79 Å². The molecule has 0 atom stereocenters. The Kier molecular flexibility index (Phi) is 9.28. The van der Waals surface area contributed by atoms with Crippen LogP contribution in [0.3, 0.4) is 0 Å².